The molecule has 0 bridgehead atoms. The Morgan fingerprint density at radius 2 is 1.51 bits per heavy atom. The van der Waals surface area contributed by atoms with Gasteiger partial charge in [-0.05, 0) is 67.4 Å². The summed E-state index contributed by atoms with van der Waals surface area (Å²) < 4.78 is 31.9. The van der Waals surface area contributed by atoms with Gasteiger partial charge in [0.25, 0.3) is 27.7 Å². The van der Waals surface area contributed by atoms with Crippen molar-refractivity contribution in [2.45, 2.75) is 18.2 Å². The highest BCUT2D eigenvalue weighted by atomic mass is 35.5. The number of carbonyl (C=O) groups is 4. The quantitative estimate of drug-likeness (QED) is 0.294. The third-order valence-corrected chi connectivity index (χ3v) is 6.82. The molecule has 13 heteroatoms. The lowest BCUT2D eigenvalue weighted by Crippen LogP contribution is -2.32. The minimum Gasteiger partial charge on any atom is -0.465 e. The third kappa shape index (κ3) is 8.62. The first-order chi connectivity index (χ1) is 18.6. The number of hydrogen-bond donors (Lipinski definition) is 3. The average molecular weight is 573 g/mol. The molecular weight excluding hydrogens is 548 g/mol. The number of benzene rings is 2. The van der Waals surface area contributed by atoms with Crippen molar-refractivity contribution in [2.75, 3.05) is 19.7 Å². The zero-order chi connectivity index (χ0) is 28.4. The van der Waals surface area contributed by atoms with E-state index in [-0.39, 0.29) is 40.8 Å². The smallest absolute Gasteiger partial charge is 0.325 e. The fourth-order valence-corrected chi connectivity index (χ4v) is 4.32. The van der Waals surface area contributed by atoms with Crippen LogP contribution in [0, 0.1) is 0 Å². The summed E-state index contributed by atoms with van der Waals surface area (Å²) in [6.45, 7) is 1.83. The predicted molar refractivity (Wildman–Crippen MR) is 142 cm³/mol. The number of nitrogens with zero attached hydrogens (tertiary/aromatic N) is 1. The Hall–Kier alpha value is -4.29. The molecule has 3 aromatic rings. The number of esters is 1. The van der Waals surface area contributed by atoms with Crippen LogP contribution in [0.15, 0.2) is 71.8 Å². The zero-order valence-corrected chi connectivity index (χ0v) is 22.3. The SMILES string of the molecule is CCOC(=O)CNC(=O)c1ccc(C(=O)NS(=O)(=O)c2ccc(C(=O)NCCc3ccc(Cl)cc3)cc2)cn1. The van der Waals surface area contributed by atoms with Gasteiger partial charge >= 0.3 is 5.97 Å². The normalized spacial score (nSPS) is 10.8. The molecule has 0 spiro atoms. The molecule has 3 rings (SSSR count). The number of sulfonamides is 1. The van der Waals surface area contributed by atoms with Crippen LogP contribution in [0.1, 0.15) is 43.7 Å². The lowest BCUT2D eigenvalue weighted by molar-refractivity contribution is -0.141. The largest absolute Gasteiger partial charge is 0.465 e. The van der Waals surface area contributed by atoms with Crippen LogP contribution in [0.2, 0.25) is 5.02 Å². The summed E-state index contributed by atoms with van der Waals surface area (Å²) in [6, 6.07) is 14.8. The van der Waals surface area contributed by atoms with Crippen molar-refractivity contribution in [3.63, 3.8) is 0 Å². The number of pyridine rings is 1. The van der Waals surface area contributed by atoms with Gasteiger partial charge in [-0.2, -0.15) is 0 Å². The fraction of sp³-hybridized carbons (Fsp3) is 0.192. The Morgan fingerprint density at radius 3 is 2.13 bits per heavy atom. The fourth-order valence-electron chi connectivity index (χ4n) is 3.22. The number of nitrogens with one attached hydrogen (secondary N) is 3. The Labute approximate surface area is 230 Å². The van der Waals surface area contributed by atoms with E-state index < -0.39 is 27.8 Å². The highest BCUT2D eigenvalue weighted by Gasteiger charge is 2.20. The molecule has 0 aliphatic heterocycles. The standard InChI is InChI=1S/C26H25ClN4O7S/c1-2-38-23(32)16-30-26(35)22-12-7-19(15-29-22)25(34)31-39(36,37)21-10-5-18(6-11-21)24(33)28-14-13-17-3-8-20(27)9-4-17/h3-12,15H,2,13-14,16H2,1H3,(H,28,33)(H,30,35)(H,31,34). The second-order valence-electron chi connectivity index (χ2n) is 8.01. The van der Waals surface area contributed by atoms with Crippen molar-refractivity contribution in [3.8, 4) is 0 Å². The van der Waals surface area contributed by atoms with E-state index in [9.17, 15) is 27.6 Å². The predicted octanol–water partition coefficient (Wildman–Crippen LogP) is 2.12. The van der Waals surface area contributed by atoms with Crippen LogP contribution in [-0.2, 0) is 26.0 Å². The summed E-state index contributed by atoms with van der Waals surface area (Å²) in [6.07, 6.45) is 1.62. The van der Waals surface area contributed by atoms with E-state index in [1.54, 1.807) is 19.1 Å². The maximum Gasteiger partial charge on any atom is 0.325 e. The van der Waals surface area contributed by atoms with Crippen molar-refractivity contribution in [1.29, 1.82) is 0 Å². The molecule has 2 aromatic carbocycles. The maximum absolute atomic E-state index is 12.7. The van der Waals surface area contributed by atoms with Gasteiger partial charge in [0.1, 0.15) is 12.2 Å². The van der Waals surface area contributed by atoms with E-state index in [0.717, 1.165) is 11.8 Å². The van der Waals surface area contributed by atoms with Gasteiger partial charge in [-0.15, -0.1) is 0 Å². The van der Waals surface area contributed by atoms with Crippen molar-refractivity contribution < 1.29 is 32.3 Å². The first kappa shape index (κ1) is 29.3. The maximum atomic E-state index is 12.7. The van der Waals surface area contributed by atoms with E-state index in [2.05, 4.69) is 15.6 Å². The van der Waals surface area contributed by atoms with Crippen LogP contribution in [0.25, 0.3) is 0 Å². The summed E-state index contributed by atoms with van der Waals surface area (Å²) in [5.74, 6) is -2.63. The van der Waals surface area contributed by atoms with Gasteiger partial charge in [-0.25, -0.2) is 13.1 Å². The molecule has 3 N–H and O–H groups in total. The molecule has 0 aliphatic rings. The van der Waals surface area contributed by atoms with Crippen LogP contribution in [0.4, 0.5) is 0 Å². The topological polar surface area (TPSA) is 161 Å². The molecule has 11 nitrogen and oxygen atoms in total. The van der Waals surface area contributed by atoms with Crippen LogP contribution in [0.5, 0.6) is 0 Å². The highest BCUT2D eigenvalue weighted by Crippen LogP contribution is 2.13. The van der Waals surface area contributed by atoms with Crippen molar-refractivity contribution in [3.05, 3.63) is 94.3 Å². The zero-order valence-electron chi connectivity index (χ0n) is 20.8. The van der Waals surface area contributed by atoms with Gasteiger partial charge in [-0.1, -0.05) is 23.7 Å². The van der Waals surface area contributed by atoms with Gasteiger partial charge < -0.3 is 15.4 Å². The summed E-state index contributed by atoms with van der Waals surface area (Å²) in [7, 11) is -4.26. The molecular formula is C26H25ClN4O7S. The molecule has 1 aromatic heterocycles. The molecule has 0 saturated heterocycles. The van der Waals surface area contributed by atoms with Crippen molar-refractivity contribution in [1.82, 2.24) is 20.3 Å². The molecule has 0 radical (unpaired) electrons. The van der Waals surface area contributed by atoms with E-state index >= 15 is 0 Å². The number of rotatable bonds is 11. The van der Waals surface area contributed by atoms with E-state index in [1.165, 1.54) is 36.4 Å². The van der Waals surface area contributed by atoms with Gasteiger partial charge in [0.05, 0.1) is 17.1 Å². The Bertz CT molecular complexity index is 1440. The van der Waals surface area contributed by atoms with Crippen molar-refractivity contribution >= 4 is 45.3 Å². The molecule has 0 aliphatic carbocycles. The second kappa shape index (κ2) is 13.5. The minimum atomic E-state index is -4.26. The van der Waals surface area contributed by atoms with Crippen LogP contribution in [0.3, 0.4) is 0 Å². The van der Waals surface area contributed by atoms with Gasteiger partial charge in [0, 0.05) is 23.3 Å². The average Bonchev–Trinajstić information content (AvgIpc) is 2.93. The number of carbonyl (C=O) groups excluding carboxylic acids is 4. The molecule has 0 fully saturated rings. The number of aromatic nitrogens is 1. The van der Waals surface area contributed by atoms with Crippen molar-refractivity contribution in [2.24, 2.45) is 0 Å². The number of halogens is 1. The lowest BCUT2D eigenvalue weighted by atomic mass is 10.1. The number of ether oxygens (including phenoxy) is 1. The van der Waals surface area contributed by atoms with Crippen LogP contribution >= 0.6 is 11.6 Å². The molecule has 0 atom stereocenters. The van der Waals surface area contributed by atoms with Gasteiger partial charge in [0.15, 0.2) is 0 Å². The Balaban J connectivity index is 1.54. The number of amides is 3. The van der Waals surface area contributed by atoms with Gasteiger partial charge in [-0.3, -0.25) is 24.2 Å². The Kier molecular flexibility index (Phi) is 10.1. The second-order valence-corrected chi connectivity index (χ2v) is 10.1. The first-order valence-electron chi connectivity index (χ1n) is 11.7. The molecule has 0 unspecified atom stereocenters. The Morgan fingerprint density at radius 1 is 0.846 bits per heavy atom. The van der Waals surface area contributed by atoms with Gasteiger partial charge in [0.2, 0.25) is 0 Å². The molecule has 204 valence electrons. The summed E-state index contributed by atoms with van der Waals surface area (Å²) >= 11 is 5.86. The minimum absolute atomic E-state index is 0.0827. The van der Waals surface area contributed by atoms with Crippen LogP contribution in [-0.4, -0.2) is 56.8 Å². The highest BCUT2D eigenvalue weighted by molar-refractivity contribution is 7.90. The monoisotopic (exact) mass is 572 g/mol. The number of hydrogen-bond acceptors (Lipinski definition) is 8. The summed E-state index contributed by atoms with van der Waals surface area (Å²) in [5, 5.41) is 5.70. The summed E-state index contributed by atoms with van der Waals surface area (Å²) in [5.41, 5.74) is 1.05. The van der Waals surface area contributed by atoms with E-state index in [4.69, 9.17) is 16.3 Å². The summed E-state index contributed by atoms with van der Waals surface area (Å²) in [4.78, 5) is 51.8. The lowest BCUT2D eigenvalue weighted by Gasteiger charge is -2.09. The molecule has 0 saturated carbocycles. The third-order valence-electron chi connectivity index (χ3n) is 5.22. The van der Waals surface area contributed by atoms with E-state index in [1.807, 2.05) is 16.9 Å². The molecule has 3 amide bonds. The first-order valence-corrected chi connectivity index (χ1v) is 13.5. The molecule has 39 heavy (non-hydrogen) atoms. The van der Waals surface area contributed by atoms with E-state index in [0.29, 0.717) is 18.0 Å². The van der Waals surface area contributed by atoms with Crippen LogP contribution < -0.4 is 15.4 Å². The molecule has 1 heterocycles.